The fraction of sp³-hybridized carbons (Fsp3) is 0.333. The van der Waals surface area contributed by atoms with Gasteiger partial charge in [-0.1, -0.05) is 11.6 Å². The maximum absolute atomic E-state index is 14.6. The lowest BCUT2D eigenvalue weighted by Gasteiger charge is -2.36. The molecule has 5 nitrogen and oxygen atoms in total. The summed E-state index contributed by atoms with van der Waals surface area (Å²) >= 11 is 8.21. The molecule has 30 heavy (non-hydrogen) atoms. The normalized spacial score (nSPS) is 18.8. The SMILES string of the molecule is C[C@H]1CNCCN1c1nc(=O)n2c3c(c(-c4ccc(F)cc4F)c(Cl)cc13)SCC2. The number of nitrogens with one attached hydrogen (secondary N) is 1. The first-order valence-corrected chi connectivity index (χ1v) is 11.1. The van der Waals surface area contributed by atoms with Crippen LogP contribution >= 0.6 is 23.4 Å². The fourth-order valence-corrected chi connectivity index (χ4v) is 5.83. The smallest absolute Gasteiger partial charge is 0.350 e. The van der Waals surface area contributed by atoms with Gasteiger partial charge in [-0.15, -0.1) is 11.8 Å². The molecule has 5 rings (SSSR count). The molecule has 0 amide bonds. The van der Waals surface area contributed by atoms with Gasteiger partial charge >= 0.3 is 5.69 Å². The number of aromatic nitrogens is 2. The number of benzene rings is 2. The summed E-state index contributed by atoms with van der Waals surface area (Å²) in [7, 11) is 0. The van der Waals surface area contributed by atoms with Gasteiger partial charge in [0.2, 0.25) is 0 Å². The second-order valence-electron chi connectivity index (χ2n) is 7.55. The maximum Gasteiger partial charge on any atom is 0.350 e. The van der Waals surface area contributed by atoms with Gasteiger partial charge in [0.25, 0.3) is 0 Å². The Morgan fingerprint density at radius 1 is 1.27 bits per heavy atom. The highest BCUT2D eigenvalue weighted by Gasteiger charge is 2.28. The van der Waals surface area contributed by atoms with Crippen LogP contribution in [0.1, 0.15) is 6.92 Å². The molecule has 0 bridgehead atoms. The second-order valence-corrected chi connectivity index (χ2v) is 9.06. The first kappa shape index (κ1) is 19.8. The lowest BCUT2D eigenvalue weighted by Crippen LogP contribution is -2.51. The minimum atomic E-state index is -0.683. The molecule has 2 aliphatic rings. The van der Waals surface area contributed by atoms with Crippen LogP contribution in [0.4, 0.5) is 14.6 Å². The molecule has 0 spiro atoms. The van der Waals surface area contributed by atoms with E-state index in [2.05, 4.69) is 22.1 Å². The average Bonchev–Trinajstić information content (AvgIpc) is 2.72. The van der Waals surface area contributed by atoms with Gasteiger partial charge in [0.1, 0.15) is 17.5 Å². The highest BCUT2D eigenvalue weighted by molar-refractivity contribution is 7.99. The molecule has 1 fully saturated rings. The van der Waals surface area contributed by atoms with Crippen LogP contribution in [-0.2, 0) is 6.54 Å². The van der Waals surface area contributed by atoms with Crippen molar-refractivity contribution in [3.63, 3.8) is 0 Å². The predicted molar refractivity (Wildman–Crippen MR) is 117 cm³/mol. The van der Waals surface area contributed by atoms with Crippen LogP contribution in [0.15, 0.2) is 34.0 Å². The monoisotopic (exact) mass is 448 g/mol. The van der Waals surface area contributed by atoms with E-state index >= 15 is 0 Å². The van der Waals surface area contributed by atoms with E-state index in [9.17, 15) is 13.6 Å². The van der Waals surface area contributed by atoms with Crippen LogP contribution in [0.5, 0.6) is 0 Å². The van der Waals surface area contributed by atoms with Crippen LogP contribution in [0.2, 0.25) is 5.02 Å². The van der Waals surface area contributed by atoms with Gasteiger partial charge in [-0.2, -0.15) is 4.98 Å². The number of rotatable bonds is 2. The Kier molecular flexibility index (Phi) is 4.95. The minimum Gasteiger partial charge on any atom is -0.351 e. The van der Waals surface area contributed by atoms with Gasteiger partial charge in [0.05, 0.1) is 10.5 Å². The maximum atomic E-state index is 14.6. The van der Waals surface area contributed by atoms with E-state index in [0.29, 0.717) is 28.7 Å². The van der Waals surface area contributed by atoms with Crippen molar-refractivity contribution in [2.45, 2.75) is 24.4 Å². The Morgan fingerprint density at radius 2 is 2.10 bits per heavy atom. The summed E-state index contributed by atoms with van der Waals surface area (Å²) in [6.45, 7) is 4.91. The zero-order valence-corrected chi connectivity index (χ0v) is 17.8. The highest BCUT2D eigenvalue weighted by Crippen LogP contribution is 2.46. The summed E-state index contributed by atoms with van der Waals surface area (Å²) in [6, 6.07) is 5.39. The van der Waals surface area contributed by atoms with Crippen LogP contribution in [0.3, 0.4) is 0 Å². The zero-order chi connectivity index (χ0) is 21.0. The molecule has 1 aromatic heterocycles. The minimum absolute atomic E-state index is 0.164. The lowest BCUT2D eigenvalue weighted by molar-refractivity contribution is 0.497. The van der Waals surface area contributed by atoms with Gasteiger partial charge in [-0.05, 0) is 25.1 Å². The Bertz CT molecular complexity index is 1230. The molecule has 0 unspecified atom stereocenters. The van der Waals surface area contributed by atoms with Crippen LogP contribution < -0.4 is 15.9 Å². The summed E-state index contributed by atoms with van der Waals surface area (Å²) in [5.41, 5.74) is 1.11. The molecule has 3 heterocycles. The number of aryl methyl sites for hydroxylation is 1. The third-order valence-corrected chi connectivity index (χ3v) is 7.06. The number of hydrogen-bond donors (Lipinski definition) is 1. The summed E-state index contributed by atoms with van der Waals surface area (Å²) in [6.07, 6.45) is 0. The molecule has 0 radical (unpaired) electrons. The van der Waals surface area contributed by atoms with E-state index < -0.39 is 11.6 Å². The topological polar surface area (TPSA) is 50.2 Å². The van der Waals surface area contributed by atoms with Crippen LogP contribution in [0.25, 0.3) is 22.0 Å². The van der Waals surface area contributed by atoms with E-state index in [1.165, 1.54) is 23.9 Å². The molecule has 0 aliphatic carbocycles. The van der Waals surface area contributed by atoms with Gasteiger partial charge in [0.15, 0.2) is 0 Å². The molecular formula is C21H19ClF2N4OS. The molecule has 2 aliphatic heterocycles. The molecule has 3 aromatic rings. The lowest BCUT2D eigenvalue weighted by atomic mass is 10.0. The summed E-state index contributed by atoms with van der Waals surface area (Å²) < 4.78 is 29.8. The number of thioether (sulfide) groups is 1. The number of hydrogen-bond acceptors (Lipinski definition) is 5. The predicted octanol–water partition coefficient (Wildman–Crippen LogP) is 3.90. The quantitative estimate of drug-likeness (QED) is 0.644. The Morgan fingerprint density at radius 3 is 2.87 bits per heavy atom. The van der Waals surface area contributed by atoms with Crippen molar-refractivity contribution in [3.8, 4) is 11.1 Å². The summed E-state index contributed by atoms with van der Waals surface area (Å²) in [4.78, 5) is 20.2. The Hall–Kier alpha value is -2.16. The van der Waals surface area contributed by atoms with E-state index in [-0.39, 0.29) is 17.3 Å². The molecule has 1 N–H and O–H groups in total. The Labute approximate surface area is 181 Å². The van der Waals surface area contributed by atoms with Gasteiger partial charge < -0.3 is 10.2 Å². The third kappa shape index (κ3) is 3.09. The van der Waals surface area contributed by atoms with E-state index in [0.717, 1.165) is 41.5 Å². The van der Waals surface area contributed by atoms with Gasteiger partial charge in [-0.3, -0.25) is 4.57 Å². The van der Waals surface area contributed by atoms with Crippen molar-refractivity contribution in [2.75, 3.05) is 30.3 Å². The highest BCUT2D eigenvalue weighted by atomic mass is 35.5. The summed E-state index contributed by atoms with van der Waals surface area (Å²) in [5, 5.41) is 4.47. The third-order valence-electron chi connectivity index (χ3n) is 5.69. The van der Waals surface area contributed by atoms with Gasteiger partial charge in [-0.25, -0.2) is 13.6 Å². The molecule has 1 saturated heterocycles. The fourth-order valence-electron chi connectivity index (χ4n) is 4.27. The van der Waals surface area contributed by atoms with Crippen molar-refractivity contribution in [3.05, 3.63) is 51.4 Å². The molecular weight excluding hydrogens is 430 g/mol. The molecule has 1 atom stereocenters. The number of piperazine rings is 1. The molecule has 2 aromatic carbocycles. The zero-order valence-electron chi connectivity index (χ0n) is 16.2. The van der Waals surface area contributed by atoms with E-state index in [4.69, 9.17) is 11.6 Å². The molecule has 156 valence electrons. The van der Waals surface area contributed by atoms with Gasteiger partial charge in [0, 0.05) is 65.4 Å². The largest absolute Gasteiger partial charge is 0.351 e. The van der Waals surface area contributed by atoms with Crippen molar-refractivity contribution in [1.82, 2.24) is 14.9 Å². The van der Waals surface area contributed by atoms with E-state index in [1.807, 2.05) is 0 Å². The number of nitrogens with zero attached hydrogens (tertiary/aromatic N) is 3. The van der Waals surface area contributed by atoms with Crippen molar-refractivity contribution >= 4 is 40.1 Å². The van der Waals surface area contributed by atoms with Crippen molar-refractivity contribution in [2.24, 2.45) is 0 Å². The summed E-state index contributed by atoms with van der Waals surface area (Å²) in [5.74, 6) is -0.0800. The number of anilines is 1. The van der Waals surface area contributed by atoms with Crippen LogP contribution in [-0.4, -0.2) is 41.0 Å². The van der Waals surface area contributed by atoms with Crippen LogP contribution in [0, 0.1) is 11.6 Å². The number of halogens is 3. The standard InChI is InChI=1S/C21H19ClF2N4OS/c1-11-10-25-4-5-27(11)20-14-9-15(22)17(13-3-2-12(23)8-16(13)24)19-18(14)28(6-7-30-19)21(29)26-20/h2-3,8-9,11,25H,4-7,10H2,1H3/t11-/m0/s1. The molecule has 0 saturated carbocycles. The van der Waals surface area contributed by atoms with Crippen molar-refractivity contribution < 1.29 is 8.78 Å². The first-order chi connectivity index (χ1) is 14.5. The first-order valence-electron chi connectivity index (χ1n) is 9.78. The second kappa shape index (κ2) is 7.51. The average molecular weight is 449 g/mol. The Balaban J connectivity index is 1.84. The van der Waals surface area contributed by atoms with E-state index in [1.54, 1.807) is 10.6 Å². The molecule has 9 heteroatoms. The van der Waals surface area contributed by atoms with Crippen molar-refractivity contribution in [1.29, 1.82) is 0 Å².